The zero-order valence-electron chi connectivity index (χ0n) is 15.0. The molecule has 5 nitrogen and oxygen atoms in total. The summed E-state index contributed by atoms with van der Waals surface area (Å²) in [6.07, 6.45) is 0.275. The molecular weight excluding hydrogens is 316 g/mol. The zero-order chi connectivity index (χ0) is 17.6. The Bertz CT molecular complexity index is 505. The topological polar surface area (TPSA) is 53.0 Å². The number of rotatable bonds is 0. The summed E-state index contributed by atoms with van der Waals surface area (Å²) in [6, 6.07) is 0. The zero-order valence-corrected chi connectivity index (χ0v) is 15.8. The smallest absolute Gasteiger partial charge is 0.410 e. The van der Waals surface area contributed by atoms with Crippen molar-refractivity contribution in [1.82, 2.24) is 9.80 Å². The van der Waals surface area contributed by atoms with Crippen molar-refractivity contribution in [2.45, 2.75) is 77.1 Å². The molecule has 0 saturated carbocycles. The van der Waals surface area contributed by atoms with Crippen LogP contribution < -0.4 is 0 Å². The molecule has 0 aromatic heterocycles. The molecule has 1 N–H and O–H groups in total. The van der Waals surface area contributed by atoms with Crippen LogP contribution in [-0.4, -0.2) is 56.8 Å². The quantitative estimate of drug-likeness (QED) is 0.685. The molecule has 2 aliphatic rings. The van der Waals surface area contributed by atoms with Crippen molar-refractivity contribution in [3.05, 3.63) is 11.3 Å². The maximum absolute atomic E-state index is 12.3. The van der Waals surface area contributed by atoms with Crippen LogP contribution in [0.1, 0.15) is 54.4 Å². The molecule has 2 aliphatic heterocycles. The number of aliphatic hydroxyl groups is 1. The first-order valence-electron chi connectivity index (χ1n) is 8.21. The molecule has 0 radical (unpaired) electrons. The summed E-state index contributed by atoms with van der Waals surface area (Å²) in [5, 5.41) is 10.2. The Hall–Kier alpha value is -0.940. The lowest BCUT2D eigenvalue weighted by Crippen LogP contribution is -2.55. The van der Waals surface area contributed by atoms with Crippen LogP contribution in [0.4, 0.5) is 4.79 Å². The molecule has 0 spiro atoms. The maximum atomic E-state index is 12.3. The van der Waals surface area contributed by atoms with Gasteiger partial charge in [0.2, 0.25) is 0 Å². The lowest BCUT2D eigenvalue weighted by molar-refractivity contribution is -0.0442. The van der Waals surface area contributed by atoms with E-state index in [1.54, 1.807) is 4.90 Å². The first-order valence-corrected chi connectivity index (χ1v) is 8.65. The second kappa shape index (κ2) is 6.17. The van der Waals surface area contributed by atoms with Gasteiger partial charge in [-0.25, -0.2) is 4.79 Å². The molecule has 6 heteroatoms. The molecule has 132 valence electrons. The maximum Gasteiger partial charge on any atom is 0.410 e. The minimum absolute atomic E-state index is 0.189. The standard InChI is InChI=1S/C17H29ClN2O3/c1-16(2,3)20-13-7-8-19(15(22)23-17(4,5)6)10-11(13)12(18)9-14(20)21/h12,14,21H,7-10H2,1-6H3. The highest BCUT2D eigenvalue weighted by Crippen LogP contribution is 2.39. The monoisotopic (exact) mass is 344 g/mol. The Morgan fingerprint density at radius 1 is 1.26 bits per heavy atom. The van der Waals surface area contributed by atoms with E-state index in [9.17, 15) is 9.90 Å². The summed E-state index contributed by atoms with van der Waals surface area (Å²) < 4.78 is 5.47. The van der Waals surface area contributed by atoms with E-state index < -0.39 is 11.8 Å². The highest BCUT2D eigenvalue weighted by atomic mass is 35.5. The van der Waals surface area contributed by atoms with E-state index in [4.69, 9.17) is 16.3 Å². The van der Waals surface area contributed by atoms with Crippen LogP contribution in [-0.2, 0) is 4.74 Å². The summed E-state index contributed by atoms with van der Waals surface area (Å²) in [6.45, 7) is 12.9. The van der Waals surface area contributed by atoms with Crippen LogP contribution in [0, 0.1) is 0 Å². The largest absolute Gasteiger partial charge is 0.444 e. The van der Waals surface area contributed by atoms with E-state index in [-0.39, 0.29) is 17.0 Å². The average Bonchev–Trinajstić information content (AvgIpc) is 2.34. The van der Waals surface area contributed by atoms with Crippen molar-refractivity contribution in [2.75, 3.05) is 13.1 Å². The molecule has 0 saturated heterocycles. The molecule has 23 heavy (non-hydrogen) atoms. The Balaban J connectivity index is 2.24. The van der Waals surface area contributed by atoms with Crippen molar-refractivity contribution < 1.29 is 14.6 Å². The van der Waals surface area contributed by atoms with Crippen LogP contribution in [0.25, 0.3) is 0 Å². The van der Waals surface area contributed by atoms with Gasteiger partial charge in [-0.15, -0.1) is 11.6 Å². The highest BCUT2D eigenvalue weighted by molar-refractivity contribution is 6.22. The van der Waals surface area contributed by atoms with Gasteiger partial charge in [0.05, 0.1) is 5.38 Å². The van der Waals surface area contributed by atoms with Gasteiger partial charge in [-0.1, -0.05) is 0 Å². The first kappa shape index (κ1) is 18.4. The van der Waals surface area contributed by atoms with Crippen LogP contribution in [0.3, 0.4) is 0 Å². The molecule has 0 aromatic rings. The fourth-order valence-electron chi connectivity index (χ4n) is 3.28. The van der Waals surface area contributed by atoms with Gasteiger partial charge in [-0.2, -0.15) is 0 Å². The van der Waals surface area contributed by atoms with Gasteiger partial charge in [-0.3, -0.25) is 0 Å². The molecule has 2 atom stereocenters. The Kier molecular flexibility index (Phi) is 4.94. The number of hydrogen-bond donors (Lipinski definition) is 1. The van der Waals surface area contributed by atoms with Gasteiger partial charge in [0.25, 0.3) is 0 Å². The average molecular weight is 345 g/mol. The Labute approximate surface area is 144 Å². The minimum atomic E-state index is -0.579. The number of carbonyl (C=O) groups is 1. The molecule has 2 unspecified atom stereocenters. The predicted molar refractivity (Wildman–Crippen MR) is 91.3 cm³/mol. The number of ether oxygens (including phenoxy) is 1. The van der Waals surface area contributed by atoms with E-state index in [0.717, 1.165) is 11.3 Å². The highest BCUT2D eigenvalue weighted by Gasteiger charge is 2.41. The number of amides is 1. The minimum Gasteiger partial charge on any atom is -0.444 e. The predicted octanol–water partition coefficient (Wildman–Crippen LogP) is 3.31. The Morgan fingerprint density at radius 2 is 1.87 bits per heavy atom. The van der Waals surface area contributed by atoms with Crippen molar-refractivity contribution in [2.24, 2.45) is 0 Å². The van der Waals surface area contributed by atoms with Crippen LogP contribution in [0.2, 0.25) is 0 Å². The SMILES string of the molecule is CC(C)(C)OC(=O)N1CCC2=C(C1)C(Cl)CC(O)N2C(C)(C)C. The third kappa shape index (κ3) is 4.13. The van der Waals surface area contributed by atoms with Gasteiger partial charge in [0, 0.05) is 37.2 Å². The van der Waals surface area contributed by atoms with Gasteiger partial charge in [0.15, 0.2) is 0 Å². The summed E-state index contributed by atoms with van der Waals surface area (Å²) in [5.74, 6) is 0. The molecule has 2 heterocycles. The van der Waals surface area contributed by atoms with Gasteiger partial charge < -0.3 is 19.6 Å². The van der Waals surface area contributed by atoms with Crippen LogP contribution in [0.5, 0.6) is 0 Å². The summed E-state index contributed by atoms with van der Waals surface area (Å²) >= 11 is 6.48. The molecule has 0 aromatic carbocycles. The van der Waals surface area contributed by atoms with E-state index >= 15 is 0 Å². The van der Waals surface area contributed by atoms with Crippen LogP contribution >= 0.6 is 11.6 Å². The molecule has 2 rings (SSSR count). The number of halogens is 1. The molecule has 0 bridgehead atoms. The molecule has 0 fully saturated rings. The molecule has 0 aliphatic carbocycles. The van der Waals surface area contributed by atoms with Gasteiger partial charge in [0.1, 0.15) is 11.8 Å². The van der Waals surface area contributed by atoms with Gasteiger partial charge in [-0.05, 0) is 47.1 Å². The van der Waals surface area contributed by atoms with E-state index in [2.05, 4.69) is 20.8 Å². The van der Waals surface area contributed by atoms with E-state index in [1.165, 1.54) is 0 Å². The third-order valence-electron chi connectivity index (χ3n) is 4.11. The summed E-state index contributed by atoms with van der Waals surface area (Å²) in [5.41, 5.74) is 1.41. The summed E-state index contributed by atoms with van der Waals surface area (Å²) in [4.78, 5) is 16.1. The second-order valence-corrected chi connectivity index (χ2v) is 8.88. The fourth-order valence-corrected chi connectivity index (χ4v) is 3.63. The van der Waals surface area contributed by atoms with Crippen LogP contribution in [0.15, 0.2) is 11.3 Å². The van der Waals surface area contributed by atoms with Crippen molar-refractivity contribution >= 4 is 17.7 Å². The normalized spacial score (nSPS) is 26.3. The number of alkyl halides is 1. The lowest BCUT2D eigenvalue weighted by Gasteiger charge is -2.50. The number of nitrogens with zero attached hydrogens (tertiary/aromatic N) is 2. The summed E-state index contributed by atoms with van der Waals surface area (Å²) in [7, 11) is 0. The molecular formula is C17H29ClN2O3. The lowest BCUT2D eigenvalue weighted by atomic mass is 9.90. The third-order valence-corrected chi connectivity index (χ3v) is 4.55. The van der Waals surface area contributed by atoms with E-state index in [1.807, 2.05) is 25.7 Å². The van der Waals surface area contributed by atoms with Crippen molar-refractivity contribution in [3.8, 4) is 0 Å². The van der Waals surface area contributed by atoms with Crippen molar-refractivity contribution in [3.63, 3.8) is 0 Å². The first-order chi connectivity index (χ1) is 10.4. The van der Waals surface area contributed by atoms with Crippen molar-refractivity contribution in [1.29, 1.82) is 0 Å². The van der Waals surface area contributed by atoms with E-state index in [0.29, 0.717) is 25.9 Å². The number of carbonyl (C=O) groups excluding carboxylic acids is 1. The number of aliphatic hydroxyl groups excluding tert-OH is 1. The Morgan fingerprint density at radius 3 is 2.39 bits per heavy atom. The number of hydrogen-bond acceptors (Lipinski definition) is 4. The van der Waals surface area contributed by atoms with Gasteiger partial charge >= 0.3 is 6.09 Å². The second-order valence-electron chi connectivity index (χ2n) is 8.35. The molecule has 1 amide bonds. The fraction of sp³-hybridized carbons (Fsp3) is 0.824.